The molecule has 0 saturated carbocycles. The van der Waals surface area contributed by atoms with Gasteiger partial charge in [-0.15, -0.1) is 0 Å². The molecule has 8 rings (SSSR count). The maximum Gasteiger partial charge on any atom is -1.00 e. The Bertz CT molecular complexity index is 1930. The predicted molar refractivity (Wildman–Crippen MR) is 179 cm³/mol. The van der Waals surface area contributed by atoms with Crippen LogP contribution in [0.15, 0.2) is 90.5 Å². The Labute approximate surface area is 287 Å². The van der Waals surface area contributed by atoms with Gasteiger partial charge < -0.3 is 24.8 Å². The van der Waals surface area contributed by atoms with E-state index < -0.39 is 28.3 Å². The second kappa shape index (κ2) is 12.5. The van der Waals surface area contributed by atoms with E-state index in [9.17, 15) is 0 Å². The second-order valence-electron chi connectivity index (χ2n) is 13.0. The van der Waals surface area contributed by atoms with Crippen LogP contribution < -0.4 is 28.1 Å². The summed E-state index contributed by atoms with van der Waals surface area (Å²) >= 11 is -0.619. The Balaban J connectivity index is 0.00000171. The summed E-state index contributed by atoms with van der Waals surface area (Å²) in [5.74, 6) is 0.278. The molecule has 0 amide bonds. The van der Waals surface area contributed by atoms with Crippen molar-refractivity contribution < 1.29 is 47.2 Å². The van der Waals surface area contributed by atoms with Crippen molar-refractivity contribution in [3.8, 4) is 22.3 Å². The van der Waals surface area contributed by atoms with E-state index in [0.717, 1.165) is 6.42 Å². The summed E-state index contributed by atoms with van der Waals surface area (Å²) in [7, 11) is 0. The van der Waals surface area contributed by atoms with Crippen LogP contribution in [0.25, 0.3) is 39.1 Å². The van der Waals surface area contributed by atoms with Gasteiger partial charge in [0.2, 0.25) is 0 Å². The molecule has 0 N–H and O–H groups in total. The molecule has 2 unspecified atom stereocenters. The van der Waals surface area contributed by atoms with E-state index in [1.54, 1.807) is 25.5 Å². The number of aryl methyl sites for hydroxylation is 2. The average molecular weight is 709 g/mol. The van der Waals surface area contributed by atoms with Crippen LogP contribution in [0.5, 0.6) is 0 Å². The molecule has 0 spiro atoms. The van der Waals surface area contributed by atoms with Crippen LogP contribution >= 0.6 is 0 Å². The number of allylic oxidation sites excluding steroid dienone is 1. The molecule has 0 heterocycles. The molecule has 0 saturated heterocycles. The van der Waals surface area contributed by atoms with E-state index in [-0.39, 0.29) is 24.8 Å². The van der Waals surface area contributed by atoms with Crippen LogP contribution in [0.2, 0.25) is 13.1 Å². The number of rotatable bonds is 6. The third kappa shape index (κ3) is 4.96. The molecule has 5 aromatic carbocycles. The fourth-order valence-electron chi connectivity index (χ4n) is 8.13. The zero-order valence-corrected chi connectivity index (χ0v) is 31.1. The molecular weight excluding hydrogens is 671 g/mol. The zero-order valence-electron chi connectivity index (χ0n) is 26.0. The van der Waals surface area contributed by atoms with E-state index in [1.807, 2.05) is 0 Å². The molecule has 0 radical (unpaired) electrons. The predicted octanol–water partition coefficient (Wildman–Crippen LogP) is 3.45. The molecule has 4 heteroatoms. The minimum atomic E-state index is -0.649. The standard InChI is InChI=1S/C38H31.C2H7Si.2ClH.Zr/c1-3-23(2)34-22-36-29(30-20-19-25-18-17-24-10-6-14-31(30)37(24)25)13-8-16-33(36)38(34)32-15-7-12-28-27-11-5-4-9-26(27)21-35(28)32;1-3-2;;;/h4-14,16,19-20,22-23,38H,3,17-18,21H2,1-2H3;3H,1-2H3;2*1H;/q;;;;+2/p-2. The Morgan fingerprint density at radius 3 is 2.25 bits per heavy atom. The number of hydrogen-bond donors (Lipinski definition) is 0. The van der Waals surface area contributed by atoms with Crippen LogP contribution in [0, 0.1) is 5.92 Å². The molecule has 44 heavy (non-hydrogen) atoms. The number of hydrogen-bond acceptors (Lipinski definition) is 0. The monoisotopic (exact) mass is 706 g/mol. The Morgan fingerprint density at radius 1 is 0.750 bits per heavy atom. The summed E-state index contributed by atoms with van der Waals surface area (Å²) in [4.78, 5) is 0. The van der Waals surface area contributed by atoms with Gasteiger partial charge in [-0.05, 0) is 0 Å². The van der Waals surface area contributed by atoms with Crippen molar-refractivity contribution in [2.24, 2.45) is 5.92 Å². The number of halogens is 2. The van der Waals surface area contributed by atoms with Gasteiger partial charge in [0.15, 0.2) is 0 Å². The van der Waals surface area contributed by atoms with Gasteiger partial charge in [-0.2, -0.15) is 0 Å². The van der Waals surface area contributed by atoms with Gasteiger partial charge in [0, 0.05) is 0 Å². The first-order valence-corrected chi connectivity index (χ1v) is 24.3. The third-order valence-corrected chi connectivity index (χ3v) is 18.7. The minimum absolute atomic E-state index is 0. The SMILES string of the molecule is CCC(C)C1=Cc2c(-c3ccc4c5c(cccc35)CC4)cccc2C1c1[c]([Zr+2][SiH](C)C)ccc2c1Cc1ccccc1-2.[Cl-].[Cl-]. The topological polar surface area (TPSA) is 0 Å². The van der Waals surface area contributed by atoms with Crippen molar-refractivity contribution >= 4 is 26.0 Å². The maximum atomic E-state index is 2.63. The molecule has 0 aromatic heterocycles. The summed E-state index contributed by atoms with van der Waals surface area (Å²) < 4.78 is 1.77. The molecule has 0 aliphatic heterocycles. The van der Waals surface area contributed by atoms with Gasteiger partial charge in [-0.25, -0.2) is 0 Å². The molecule has 0 fully saturated rings. The van der Waals surface area contributed by atoms with Gasteiger partial charge >= 0.3 is 265 Å². The fraction of sp³-hybridized carbons (Fsp3) is 0.250. The van der Waals surface area contributed by atoms with Crippen LogP contribution in [0.4, 0.5) is 0 Å². The molecule has 2 atom stereocenters. The van der Waals surface area contributed by atoms with Crippen molar-refractivity contribution in [1.82, 2.24) is 0 Å². The van der Waals surface area contributed by atoms with E-state index in [1.165, 1.54) is 74.5 Å². The Hall–Kier alpha value is -2.22. The molecule has 0 nitrogen and oxygen atoms in total. The van der Waals surface area contributed by atoms with E-state index >= 15 is 0 Å². The van der Waals surface area contributed by atoms with Gasteiger partial charge in [-0.3, -0.25) is 0 Å². The van der Waals surface area contributed by atoms with Gasteiger partial charge in [-0.1, -0.05) is 0 Å². The summed E-state index contributed by atoms with van der Waals surface area (Å²) in [6.45, 7) is 10.0. The second-order valence-corrected chi connectivity index (χ2v) is 27.6. The first-order chi connectivity index (χ1) is 20.5. The smallest absolute Gasteiger partial charge is 1.00 e. The van der Waals surface area contributed by atoms with Gasteiger partial charge in [0.05, 0.1) is 0 Å². The summed E-state index contributed by atoms with van der Waals surface area (Å²) in [5.41, 5.74) is 18.3. The summed E-state index contributed by atoms with van der Waals surface area (Å²) in [5, 5.41) is 2.96. The molecular formula is C40H38Cl2SiZr. The number of benzene rings is 5. The summed E-state index contributed by atoms with van der Waals surface area (Å²) in [6, 6.07) is 33.3. The van der Waals surface area contributed by atoms with Crippen molar-refractivity contribution in [3.63, 3.8) is 0 Å². The minimum Gasteiger partial charge on any atom is -1.00 e. The normalized spacial score (nSPS) is 16.0. The molecule has 0 bridgehead atoms. The largest absolute Gasteiger partial charge is 1.00 e. The van der Waals surface area contributed by atoms with Gasteiger partial charge in [0.1, 0.15) is 0 Å². The third-order valence-electron chi connectivity index (χ3n) is 10.2. The quantitative estimate of drug-likeness (QED) is 0.233. The molecule has 3 aliphatic rings. The molecule has 220 valence electrons. The van der Waals surface area contributed by atoms with Crippen LogP contribution in [-0.4, -0.2) is 5.92 Å². The first kappa shape index (κ1) is 31.7. The summed E-state index contributed by atoms with van der Waals surface area (Å²) in [6.07, 6.45) is 7.25. The Morgan fingerprint density at radius 2 is 1.45 bits per heavy atom. The van der Waals surface area contributed by atoms with Crippen molar-refractivity contribution in [3.05, 3.63) is 129 Å². The van der Waals surface area contributed by atoms with Crippen molar-refractivity contribution in [1.29, 1.82) is 0 Å². The van der Waals surface area contributed by atoms with Crippen LogP contribution in [-0.2, 0) is 41.7 Å². The molecule has 5 aromatic rings. The van der Waals surface area contributed by atoms with E-state index in [0.29, 0.717) is 11.8 Å². The van der Waals surface area contributed by atoms with E-state index in [2.05, 4.69) is 118 Å². The zero-order chi connectivity index (χ0) is 28.5. The van der Waals surface area contributed by atoms with Crippen molar-refractivity contribution in [2.45, 2.75) is 58.5 Å². The van der Waals surface area contributed by atoms with Crippen LogP contribution in [0.1, 0.15) is 65.1 Å². The van der Waals surface area contributed by atoms with Gasteiger partial charge in [0.25, 0.3) is 0 Å². The van der Waals surface area contributed by atoms with E-state index in [4.69, 9.17) is 0 Å². The van der Waals surface area contributed by atoms with Crippen LogP contribution in [0.3, 0.4) is 0 Å². The fourth-order valence-corrected chi connectivity index (χ4v) is 16.4. The number of fused-ring (bicyclic) bond motifs is 4. The Kier molecular flexibility index (Phi) is 9.04. The maximum absolute atomic E-state index is 2.63. The average Bonchev–Trinajstić information content (AvgIpc) is 3.71. The van der Waals surface area contributed by atoms with Crippen molar-refractivity contribution in [2.75, 3.05) is 0 Å². The molecule has 3 aliphatic carbocycles. The first-order valence-electron chi connectivity index (χ1n) is 15.9.